The van der Waals surface area contributed by atoms with Crippen LogP contribution in [0.1, 0.15) is 43.3 Å². The number of nitrogens with one attached hydrogen (secondary N) is 1. The van der Waals surface area contributed by atoms with Crippen LogP contribution >= 0.6 is 0 Å². The van der Waals surface area contributed by atoms with E-state index in [4.69, 9.17) is 4.74 Å². The summed E-state index contributed by atoms with van der Waals surface area (Å²) in [7, 11) is 0. The molecule has 0 saturated carbocycles. The second kappa shape index (κ2) is 7.74. The predicted molar refractivity (Wildman–Crippen MR) is 84.5 cm³/mol. The highest BCUT2D eigenvalue weighted by Crippen LogP contribution is 2.29. The summed E-state index contributed by atoms with van der Waals surface area (Å²) in [4.78, 5) is 8.87. The maximum Gasteiger partial charge on any atom is 0.124 e. The molecule has 2 rings (SSSR count). The molecule has 0 radical (unpaired) electrons. The highest BCUT2D eigenvalue weighted by molar-refractivity contribution is 5.39. The predicted octanol–water partition coefficient (Wildman–Crippen LogP) is 3.27. The number of benzene rings is 1. The number of aromatic nitrogens is 2. The summed E-state index contributed by atoms with van der Waals surface area (Å²) in [5.41, 5.74) is 2.94. The van der Waals surface area contributed by atoms with Crippen LogP contribution in [0.4, 0.5) is 0 Å². The van der Waals surface area contributed by atoms with E-state index in [0.717, 1.165) is 42.3 Å². The summed E-state index contributed by atoms with van der Waals surface area (Å²) in [5.74, 6) is 0.910. The molecule has 1 aromatic carbocycles. The van der Waals surface area contributed by atoms with Crippen molar-refractivity contribution in [1.29, 1.82) is 0 Å². The van der Waals surface area contributed by atoms with Crippen LogP contribution in [-0.4, -0.2) is 23.1 Å². The Balaban J connectivity index is 2.35. The maximum absolute atomic E-state index is 5.87. The normalized spacial score (nSPS) is 12.1. The first-order valence-corrected chi connectivity index (χ1v) is 7.49. The van der Waals surface area contributed by atoms with Crippen molar-refractivity contribution in [3.8, 4) is 5.75 Å². The van der Waals surface area contributed by atoms with Crippen molar-refractivity contribution in [3.63, 3.8) is 0 Å². The van der Waals surface area contributed by atoms with Gasteiger partial charge in [-0.3, -0.25) is 9.97 Å². The fourth-order valence-corrected chi connectivity index (χ4v) is 2.19. The molecule has 112 valence electrons. The molecule has 0 spiro atoms. The van der Waals surface area contributed by atoms with Crippen molar-refractivity contribution in [3.05, 3.63) is 53.6 Å². The zero-order chi connectivity index (χ0) is 15.1. The Morgan fingerprint density at radius 3 is 2.62 bits per heavy atom. The molecule has 1 N–H and O–H groups in total. The van der Waals surface area contributed by atoms with E-state index in [1.54, 1.807) is 6.20 Å². The first kappa shape index (κ1) is 15.4. The Kier molecular flexibility index (Phi) is 5.69. The molecular weight excluding hydrogens is 262 g/mol. The Bertz CT molecular complexity index is 554. The first-order valence-electron chi connectivity index (χ1n) is 7.49. The molecule has 4 nitrogen and oxygen atoms in total. The summed E-state index contributed by atoms with van der Waals surface area (Å²) in [6.07, 6.45) is 4.62. The highest BCUT2D eigenvalue weighted by atomic mass is 16.5. The second-order valence-corrected chi connectivity index (χ2v) is 4.96. The lowest BCUT2D eigenvalue weighted by Crippen LogP contribution is -2.24. The van der Waals surface area contributed by atoms with Gasteiger partial charge in [0.2, 0.25) is 0 Å². The van der Waals surface area contributed by atoms with Gasteiger partial charge in [-0.05, 0) is 26.0 Å². The van der Waals surface area contributed by atoms with Crippen molar-refractivity contribution < 1.29 is 4.74 Å². The molecule has 1 unspecified atom stereocenters. The second-order valence-electron chi connectivity index (χ2n) is 4.96. The van der Waals surface area contributed by atoms with Crippen LogP contribution in [-0.2, 0) is 0 Å². The Morgan fingerprint density at radius 2 is 1.95 bits per heavy atom. The van der Waals surface area contributed by atoms with Crippen molar-refractivity contribution in [1.82, 2.24) is 15.3 Å². The molecule has 0 aliphatic rings. The number of rotatable bonds is 7. The minimum atomic E-state index is -0.00356. The first-order chi connectivity index (χ1) is 10.3. The average molecular weight is 285 g/mol. The Labute approximate surface area is 126 Å². The summed E-state index contributed by atoms with van der Waals surface area (Å²) in [6.45, 7) is 7.70. The zero-order valence-corrected chi connectivity index (χ0v) is 13.0. The van der Waals surface area contributed by atoms with Gasteiger partial charge in [0.05, 0.1) is 30.2 Å². The van der Waals surface area contributed by atoms with E-state index in [1.165, 1.54) is 0 Å². The fourth-order valence-electron chi connectivity index (χ4n) is 2.19. The van der Waals surface area contributed by atoms with Gasteiger partial charge in [-0.1, -0.05) is 32.0 Å². The molecule has 21 heavy (non-hydrogen) atoms. The third-order valence-electron chi connectivity index (χ3n) is 3.20. The van der Waals surface area contributed by atoms with Gasteiger partial charge in [-0.2, -0.15) is 0 Å². The highest BCUT2D eigenvalue weighted by Gasteiger charge is 2.18. The monoisotopic (exact) mass is 285 g/mol. The van der Waals surface area contributed by atoms with Gasteiger partial charge in [-0.15, -0.1) is 0 Å². The third-order valence-corrected chi connectivity index (χ3v) is 3.20. The smallest absolute Gasteiger partial charge is 0.124 e. The van der Waals surface area contributed by atoms with Gasteiger partial charge in [0.15, 0.2) is 0 Å². The summed E-state index contributed by atoms with van der Waals surface area (Å²) >= 11 is 0. The number of para-hydroxylation sites is 1. The molecule has 1 heterocycles. The van der Waals surface area contributed by atoms with Crippen molar-refractivity contribution >= 4 is 0 Å². The quantitative estimate of drug-likeness (QED) is 0.848. The van der Waals surface area contributed by atoms with E-state index >= 15 is 0 Å². The maximum atomic E-state index is 5.87. The van der Waals surface area contributed by atoms with E-state index in [2.05, 4.69) is 35.2 Å². The van der Waals surface area contributed by atoms with Crippen LogP contribution in [0, 0.1) is 6.92 Å². The molecule has 0 aliphatic heterocycles. The molecule has 1 aromatic heterocycles. The molecule has 0 saturated heterocycles. The topological polar surface area (TPSA) is 47.0 Å². The van der Waals surface area contributed by atoms with Gasteiger partial charge in [0, 0.05) is 11.8 Å². The van der Waals surface area contributed by atoms with E-state index in [9.17, 15) is 0 Å². The van der Waals surface area contributed by atoms with Crippen molar-refractivity contribution in [2.24, 2.45) is 0 Å². The standard InChI is InChI=1S/C17H23N3O/c1-4-10-21-16-9-7-6-8-14(16)17(18-5-2)15-12-19-13(3)11-20-15/h6-9,11-12,17-18H,4-5,10H2,1-3H3. The van der Waals surface area contributed by atoms with Crippen LogP contribution in [0.5, 0.6) is 5.75 Å². The molecule has 0 fully saturated rings. The number of hydrogen-bond acceptors (Lipinski definition) is 4. The van der Waals surface area contributed by atoms with Crippen LogP contribution < -0.4 is 10.1 Å². The Morgan fingerprint density at radius 1 is 1.14 bits per heavy atom. The van der Waals surface area contributed by atoms with E-state index in [-0.39, 0.29) is 6.04 Å². The minimum Gasteiger partial charge on any atom is -0.493 e. The molecule has 0 aliphatic carbocycles. The van der Waals surface area contributed by atoms with Crippen LogP contribution in [0.15, 0.2) is 36.7 Å². The summed E-state index contributed by atoms with van der Waals surface area (Å²) < 4.78 is 5.87. The Hall–Kier alpha value is -1.94. The lowest BCUT2D eigenvalue weighted by molar-refractivity contribution is 0.311. The summed E-state index contributed by atoms with van der Waals surface area (Å²) in [5, 5.41) is 3.47. The summed E-state index contributed by atoms with van der Waals surface area (Å²) in [6, 6.07) is 8.12. The number of ether oxygens (including phenoxy) is 1. The lowest BCUT2D eigenvalue weighted by Gasteiger charge is -2.20. The van der Waals surface area contributed by atoms with E-state index < -0.39 is 0 Å². The van der Waals surface area contributed by atoms with Crippen LogP contribution in [0.2, 0.25) is 0 Å². The van der Waals surface area contributed by atoms with Gasteiger partial charge in [0.1, 0.15) is 5.75 Å². The van der Waals surface area contributed by atoms with Crippen LogP contribution in [0.25, 0.3) is 0 Å². The van der Waals surface area contributed by atoms with Crippen LogP contribution in [0.3, 0.4) is 0 Å². The lowest BCUT2D eigenvalue weighted by atomic mass is 10.0. The van der Waals surface area contributed by atoms with Crippen molar-refractivity contribution in [2.45, 2.75) is 33.2 Å². The number of aryl methyl sites for hydroxylation is 1. The SMILES string of the molecule is CCCOc1ccccc1C(NCC)c1cnc(C)cn1. The third kappa shape index (κ3) is 4.02. The average Bonchev–Trinajstić information content (AvgIpc) is 2.52. The zero-order valence-electron chi connectivity index (χ0n) is 13.0. The minimum absolute atomic E-state index is 0.00356. The van der Waals surface area contributed by atoms with Gasteiger partial charge < -0.3 is 10.1 Å². The number of nitrogens with zero attached hydrogens (tertiary/aromatic N) is 2. The molecule has 0 amide bonds. The molecule has 1 atom stereocenters. The largest absolute Gasteiger partial charge is 0.493 e. The van der Waals surface area contributed by atoms with E-state index in [0.29, 0.717) is 0 Å². The number of hydrogen-bond donors (Lipinski definition) is 1. The van der Waals surface area contributed by atoms with Crippen molar-refractivity contribution in [2.75, 3.05) is 13.2 Å². The van der Waals surface area contributed by atoms with Gasteiger partial charge in [0.25, 0.3) is 0 Å². The van der Waals surface area contributed by atoms with E-state index in [1.807, 2.05) is 31.3 Å². The molecule has 2 aromatic rings. The van der Waals surface area contributed by atoms with Gasteiger partial charge >= 0.3 is 0 Å². The fraction of sp³-hybridized carbons (Fsp3) is 0.412. The molecule has 0 bridgehead atoms. The molecule has 4 heteroatoms. The molecular formula is C17H23N3O. The van der Waals surface area contributed by atoms with Gasteiger partial charge in [-0.25, -0.2) is 0 Å².